The topological polar surface area (TPSA) is 63.7 Å². The number of hydrogen-bond acceptors (Lipinski definition) is 5. The Morgan fingerprint density at radius 1 is 1.39 bits per heavy atom. The van der Waals surface area contributed by atoms with Gasteiger partial charge in [0.15, 0.2) is 5.12 Å². The Morgan fingerprint density at radius 2 is 1.94 bits per heavy atom. The molecule has 0 unspecified atom stereocenters. The van der Waals surface area contributed by atoms with Gasteiger partial charge in [0.05, 0.1) is 6.04 Å². The van der Waals surface area contributed by atoms with Crippen molar-refractivity contribution < 1.29 is 19.1 Å². The summed E-state index contributed by atoms with van der Waals surface area (Å²) >= 11 is 0.965. The summed E-state index contributed by atoms with van der Waals surface area (Å²) in [6.07, 6.45) is 0.621. The van der Waals surface area contributed by atoms with Gasteiger partial charge in [0, 0.05) is 17.9 Å². The molecule has 1 aliphatic rings. The lowest BCUT2D eigenvalue weighted by molar-refractivity contribution is -0.125. The van der Waals surface area contributed by atoms with Gasteiger partial charge in [0.1, 0.15) is 5.60 Å². The van der Waals surface area contributed by atoms with Crippen LogP contribution in [-0.2, 0) is 14.3 Å². The van der Waals surface area contributed by atoms with Gasteiger partial charge >= 0.3 is 6.09 Å². The quantitative estimate of drug-likeness (QED) is 0.732. The second-order valence-electron chi connectivity index (χ2n) is 5.00. The molecule has 2 amide bonds. The van der Waals surface area contributed by atoms with Crippen molar-refractivity contribution in [2.45, 2.75) is 46.3 Å². The van der Waals surface area contributed by atoms with Gasteiger partial charge in [-0.05, 0) is 27.7 Å². The van der Waals surface area contributed by atoms with Crippen LogP contribution in [0.15, 0.2) is 11.0 Å². The van der Waals surface area contributed by atoms with Crippen LogP contribution >= 0.6 is 11.8 Å². The number of rotatable bonds is 1. The van der Waals surface area contributed by atoms with Gasteiger partial charge < -0.3 is 4.74 Å². The van der Waals surface area contributed by atoms with E-state index in [1.807, 2.05) is 0 Å². The second-order valence-corrected chi connectivity index (χ2v) is 6.26. The zero-order valence-corrected chi connectivity index (χ0v) is 12.0. The van der Waals surface area contributed by atoms with Gasteiger partial charge in [-0.3, -0.25) is 9.59 Å². The Morgan fingerprint density at radius 3 is 2.39 bits per heavy atom. The third-order valence-corrected chi connectivity index (χ3v) is 3.14. The van der Waals surface area contributed by atoms with E-state index in [2.05, 4.69) is 0 Å². The molecule has 0 aromatic heterocycles. The molecular weight excluding hydrogens is 254 g/mol. The summed E-state index contributed by atoms with van der Waals surface area (Å²) < 4.78 is 5.15. The highest BCUT2D eigenvalue weighted by atomic mass is 32.2. The molecule has 0 aromatic carbocycles. The molecule has 0 bridgehead atoms. The van der Waals surface area contributed by atoms with E-state index in [0.717, 1.165) is 16.7 Å². The summed E-state index contributed by atoms with van der Waals surface area (Å²) in [5, 5.41) is -0.119. The van der Waals surface area contributed by atoms with Crippen molar-refractivity contribution >= 4 is 28.9 Å². The molecule has 100 valence electrons. The van der Waals surface area contributed by atoms with Gasteiger partial charge in [0.25, 0.3) is 5.91 Å². The van der Waals surface area contributed by atoms with E-state index in [1.165, 1.54) is 13.0 Å². The lowest BCUT2D eigenvalue weighted by Crippen LogP contribution is -2.42. The summed E-state index contributed by atoms with van der Waals surface area (Å²) in [4.78, 5) is 36.2. The largest absolute Gasteiger partial charge is 0.443 e. The smallest absolute Gasteiger partial charge is 0.417 e. The highest BCUT2D eigenvalue weighted by Gasteiger charge is 2.37. The molecule has 0 N–H and O–H groups in total. The zero-order valence-electron chi connectivity index (χ0n) is 11.1. The highest BCUT2D eigenvalue weighted by molar-refractivity contribution is 8.16. The summed E-state index contributed by atoms with van der Waals surface area (Å²) in [6, 6.07) is -0.457. The maximum atomic E-state index is 11.9. The third kappa shape index (κ3) is 3.60. The number of imide groups is 1. The predicted molar refractivity (Wildman–Crippen MR) is 68.9 cm³/mol. The molecule has 5 nitrogen and oxygen atoms in total. The number of nitrogens with zero attached hydrogens (tertiary/aromatic N) is 1. The zero-order chi connectivity index (χ0) is 14.1. The molecule has 0 aromatic rings. The van der Waals surface area contributed by atoms with E-state index in [-0.39, 0.29) is 5.12 Å². The van der Waals surface area contributed by atoms with Gasteiger partial charge in [0.2, 0.25) is 0 Å². The van der Waals surface area contributed by atoms with Crippen molar-refractivity contribution in [2.24, 2.45) is 0 Å². The summed E-state index contributed by atoms with van der Waals surface area (Å²) in [6.45, 7) is 8.30. The van der Waals surface area contributed by atoms with E-state index in [9.17, 15) is 14.4 Å². The average molecular weight is 271 g/mol. The summed E-state index contributed by atoms with van der Waals surface area (Å²) in [5.41, 5.74) is -0.659. The molecular formula is C12H17NO4S. The average Bonchev–Trinajstić information content (AvgIpc) is 2.37. The first-order valence-corrected chi connectivity index (χ1v) is 6.39. The second kappa shape index (κ2) is 5.14. The summed E-state index contributed by atoms with van der Waals surface area (Å²) in [7, 11) is 0. The van der Waals surface area contributed by atoms with Gasteiger partial charge in [-0.2, -0.15) is 0 Å². The molecule has 0 radical (unpaired) electrons. The Hall–Kier alpha value is -1.30. The molecule has 1 heterocycles. The highest BCUT2D eigenvalue weighted by Crippen LogP contribution is 2.30. The van der Waals surface area contributed by atoms with Crippen molar-refractivity contribution in [1.29, 1.82) is 0 Å². The van der Waals surface area contributed by atoms with Crippen LogP contribution in [0.3, 0.4) is 0 Å². The van der Waals surface area contributed by atoms with E-state index < -0.39 is 23.6 Å². The SMILES string of the molecule is CC(=O)SC1=CC(=O)N(C(=O)OC(C)(C)C)[C@@H]1C. The minimum atomic E-state index is -0.685. The monoisotopic (exact) mass is 271 g/mol. The molecule has 0 aliphatic carbocycles. The van der Waals surface area contributed by atoms with Crippen molar-refractivity contribution in [2.75, 3.05) is 0 Å². The molecule has 0 spiro atoms. The van der Waals surface area contributed by atoms with Gasteiger partial charge in [-0.25, -0.2) is 9.69 Å². The Balaban J connectivity index is 2.80. The molecule has 6 heteroatoms. The lowest BCUT2D eigenvalue weighted by Gasteiger charge is -2.26. The van der Waals surface area contributed by atoms with Crippen LogP contribution in [0.25, 0.3) is 0 Å². The maximum Gasteiger partial charge on any atom is 0.417 e. The lowest BCUT2D eigenvalue weighted by atomic mass is 10.2. The van der Waals surface area contributed by atoms with E-state index in [0.29, 0.717) is 4.91 Å². The number of ether oxygens (including phenoxy) is 1. The molecule has 18 heavy (non-hydrogen) atoms. The fourth-order valence-corrected chi connectivity index (χ4v) is 2.24. The number of carbonyl (C=O) groups excluding carboxylic acids is 3. The molecule has 1 rings (SSSR count). The first-order valence-electron chi connectivity index (χ1n) is 5.58. The van der Waals surface area contributed by atoms with E-state index >= 15 is 0 Å². The van der Waals surface area contributed by atoms with Crippen LogP contribution < -0.4 is 0 Å². The fourth-order valence-electron chi connectivity index (χ4n) is 1.47. The fraction of sp³-hybridized carbons (Fsp3) is 0.583. The number of thioether (sulfide) groups is 1. The first kappa shape index (κ1) is 14.8. The molecule has 0 saturated heterocycles. The predicted octanol–water partition coefficient (Wildman–Crippen LogP) is 2.32. The molecule has 1 atom stereocenters. The van der Waals surface area contributed by atoms with Crippen LogP contribution in [0.2, 0.25) is 0 Å². The molecule has 0 fully saturated rings. The Labute approximate surface area is 111 Å². The Kier molecular flexibility index (Phi) is 4.21. The van der Waals surface area contributed by atoms with E-state index in [4.69, 9.17) is 4.74 Å². The Bertz CT molecular complexity index is 422. The standard InChI is InChI=1S/C12H17NO4S/c1-7-9(18-8(2)14)6-10(15)13(7)11(16)17-12(3,4)5/h6-7H,1-5H3/t7-/m1/s1. The first-order chi connectivity index (χ1) is 8.11. The van der Waals surface area contributed by atoms with Crippen LogP contribution in [0.1, 0.15) is 34.6 Å². The molecule has 1 aliphatic heterocycles. The van der Waals surface area contributed by atoms with Crippen molar-refractivity contribution in [3.63, 3.8) is 0 Å². The van der Waals surface area contributed by atoms with Crippen LogP contribution in [-0.4, -0.2) is 33.7 Å². The number of carbonyl (C=O) groups is 3. The van der Waals surface area contributed by atoms with Crippen LogP contribution in [0.4, 0.5) is 4.79 Å². The van der Waals surface area contributed by atoms with Crippen LogP contribution in [0, 0.1) is 0 Å². The van der Waals surface area contributed by atoms with E-state index in [1.54, 1.807) is 27.7 Å². The maximum absolute atomic E-state index is 11.9. The summed E-state index contributed by atoms with van der Waals surface area (Å²) in [5.74, 6) is -0.444. The van der Waals surface area contributed by atoms with Crippen molar-refractivity contribution in [3.8, 4) is 0 Å². The van der Waals surface area contributed by atoms with Crippen LogP contribution in [0.5, 0.6) is 0 Å². The van der Waals surface area contributed by atoms with Gasteiger partial charge in [-0.1, -0.05) is 11.8 Å². The normalized spacial score (nSPS) is 19.8. The minimum Gasteiger partial charge on any atom is -0.443 e. The molecule has 0 saturated carbocycles. The van der Waals surface area contributed by atoms with Crippen molar-refractivity contribution in [1.82, 2.24) is 4.90 Å². The number of amides is 2. The number of hydrogen-bond donors (Lipinski definition) is 0. The van der Waals surface area contributed by atoms with Gasteiger partial charge in [-0.15, -0.1) is 0 Å². The minimum absolute atomic E-state index is 0.119. The third-order valence-electron chi connectivity index (χ3n) is 2.15. The van der Waals surface area contributed by atoms with Crippen molar-refractivity contribution in [3.05, 3.63) is 11.0 Å².